The minimum atomic E-state index is -0.358. The molecule has 2 aromatic carbocycles. The lowest BCUT2D eigenvalue weighted by Crippen LogP contribution is -2.22. The van der Waals surface area contributed by atoms with Gasteiger partial charge in [-0.15, -0.1) is 0 Å². The van der Waals surface area contributed by atoms with Gasteiger partial charge in [0.05, 0.1) is 13.7 Å². The molecule has 28 heavy (non-hydrogen) atoms. The molecular formula is C21H18FN3O3. The maximum absolute atomic E-state index is 13.6. The molecule has 1 amide bonds. The lowest BCUT2D eigenvalue weighted by atomic mass is 10.0. The van der Waals surface area contributed by atoms with Gasteiger partial charge < -0.3 is 14.5 Å². The third-order valence-corrected chi connectivity index (χ3v) is 4.44. The van der Waals surface area contributed by atoms with Gasteiger partial charge in [0.15, 0.2) is 0 Å². The highest BCUT2D eigenvalue weighted by atomic mass is 19.1. The van der Waals surface area contributed by atoms with E-state index < -0.39 is 0 Å². The second-order valence-corrected chi connectivity index (χ2v) is 6.38. The smallest absolute Gasteiger partial charge is 0.251 e. The highest BCUT2D eigenvalue weighted by Crippen LogP contribution is 2.33. The Morgan fingerprint density at radius 3 is 2.82 bits per heavy atom. The summed E-state index contributed by atoms with van der Waals surface area (Å²) in [6, 6.07) is 13.2. The number of amides is 1. The lowest BCUT2D eigenvalue weighted by Gasteiger charge is -2.08. The van der Waals surface area contributed by atoms with Crippen molar-refractivity contribution in [3.8, 4) is 17.0 Å². The zero-order valence-electron chi connectivity index (χ0n) is 15.4. The molecule has 142 valence electrons. The van der Waals surface area contributed by atoms with Gasteiger partial charge in [0.2, 0.25) is 0 Å². The number of H-pyrrole nitrogens is 1. The van der Waals surface area contributed by atoms with Gasteiger partial charge in [0, 0.05) is 16.5 Å². The fourth-order valence-electron chi connectivity index (χ4n) is 3.09. The van der Waals surface area contributed by atoms with Gasteiger partial charge in [0.1, 0.15) is 34.3 Å². The van der Waals surface area contributed by atoms with Crippen LogP contribution in [-0.4, -0.2) is 23.2 Å². The van der Waals surface area contributed by atoms with Crippen LogP contribution in [0.3, 0.4) is 0 Å². The summed E-state index contributed by atoms with van der Waals surface area (Å²) in [6.45, 7) is 2.12. The van der Waals surface area contributed by atoms with E-state index in [1.165, 1.54) is 19.2 Å². The average Bonchev–Trinajstić information content (AvgIpc) is 3.31. The normalized spacial score (nSPS) is 11.0. The van der Waals surface area contributed by atoms with Crippen molar-refractivity contribution in [2.45, 2.75) is 13.5 Å². The molecule has 0 spiro atoms. The molecule has 0 aliphatic carbocycles. The number of methoxy groups -OCH3 is 1. The van der Waals surface area contributed by atoms with Crippen molar-refractivity contribution in [2.75, 3.05) is 7.11 Å². The van der Waals surface area contributed by atoms with Crippen LogP contribution < -0.4 is 10.1 Å². The molecule has 4 aromatic rings. The maximum atomic E-state index is 13.6. The molecule has 0 aliphatic rings. The molecule has 2 N–H and O–H groups in total. The standard InChI is InChI=1S/C21H18FN3O3/c1-12-6-7-16(28-12)11-23-21(26)14-9-17-19(13-4-3-5-15(22)8-13)24-25-20(17)18(10-14)27-2/h3-10H,11H2,1-2H3,(H,23,26)(H,24,25). The zero-order valence-corrected chi connectivity index (χ0v) is 15.4. The number of aryl methyl sites for hydroxylation is 1. The van der Waals surface area contributed by atoms with Crippen molar-refractivity contribution in [3.63, 3.8) is 0 Å². The third kappa shape index (κ3) is 3.34. The monoisotopic (exact) mass is 379 g/mol. The van der Waals surface area contributed by atoms with Crippen LogP contribution in [-0.2, 0) is 6.54 Å². The minimum Gasteiger partial charge on any atom is -0.494 e. The molecule has 0 radical (unpaired) electrons. The van der Waals surface area contributed by atoms with Crippen molar-refractivity contribution in [2.24, 2.45) is 0 Å². The number of nitrogens with one attached hydrogen (secondary N) is 2. The number of benzene rings is 2. The first kappa shape index (κ1) is 17.8. The quantitative estimate of drug-likeness (QED) is 0.544. The Hall–Kier alpha value is -3.61. The summed E-state index contributed by atoms with van der Waals surface area (Å²) in [5, 5.41) is 10.7. The van der Waals surface area contributed by atoms with Crippen molar-refractivity contribution >= 4 is 16.8 Å². The molecule has 0 aliphatic heterocycles. The van der Waals surface area contributed by atoms with E-state index in [4.69, 9.17) is 9.15 Å². The van der Waals surface area contributed by atoms with Crippen molar-refractivity contribution in [3.05, 3.63) is 71.4 Å². The highest BCUT2D eigenvalue weighted by Gasteiger charge is 2.17. The van der Waals surface area contributed by atoms with E-state index in [1.54, 1.807) is 24.3 Å². The van der Waals surface area contributed by atoms with Crippen LogP contribution in [0.5, 0.6) is 5.75 Å². The molecule has 2 aromatic heterocycles. The minimum absolute atomic E-state index is 0.273. The van der Waals surface area contributed by atoms with Crippen LogP contribution in [0.25, 0.3) is 22.2 Å². The topological polar surface area (TPSA) is 80.2 Å². The first-order chi connectivity index (χ1) is 13.5. The number of rotatable bonds is 5. The number of hydrogen-bond donors (Lipinski definition) is 2. The van der Waals surface area contributed by atoms with Gasteiger partial charge in [-0.1, -0.05) is 12.1 Å². The molecule has 4 rings (SSSR count). The van der Waals surface area contributed by atoms with Gasteiger partial charge in [0.25, 0.3) is 5.91 Å². The number of ether oxygens (including phenoxy) is 1. The van der Waals surface area contributed by atoms with Crippen LogP contribution in [0.4, 0.5) is 4.39 Å². The molecule has 0 saturated carbocycles. The Balaban J connectivity index is 1.70. The summed E-state index contributed by atoms with van der Waals surface area (Å²) < 4.78 is 24.5. The van der Waals surface area contributed by atoms with Gasteiger partial charge in [-0.05, 0) is 43.3 Å². The number of halogens is 1. The first-order valence-corrected chi connectivity index (χ1v) is 8.70. The third-order valence-electron chi connectivity index (χ3n) is 4.44. The number of carbonyl (C=O) groups is 1. The predicted octanol–water partition coefficient (Wildman–Crippen LogP) is 4.21. The Morgan fingerprint density at radius 2 is 2.11 bits per heavy atom. The van der Waals surface area contributed by atoms with E-state index >= 15 is 0 Å². The van der Waals surface area contributed by atoms with E-state index in [-0.39, 0.29) is 18.3 Å². The zero-order chi connectivity index (χ0) is 19.7. The average molecular weight is 379 g/mol. The van der Waals surface area contributed by atoms with E-state index in [1.807, 2.05) is 19.1 Å². The number of fused-ring (bicyclic) bond motifs is 1. The SMILES string of the molecule is COc1cc(C(=O)NCc2ccc(C)o2)cc2c(-c3cccc(F)c3)n[nH]c12. The fourth-order valence-corrected chi connectivity index (χ4v) is 3.09. The van der Waals surface area contributed by atoms with Gasteiger partial charge in [-0.25, -0.2) is 4.39 Å². The molecule has 0 atom stereocenters. The molecule has 2 heterocycles. The van der Waals surface area contributed by atoms with Crippen LogP contribution >= 0.6 is 0 Å². The Morgan fingerprint density at radius 1 is 1.25 bits per heavy atom. The number of furan rings is 1. The molecule has 0 saturated heterocycles. The molecule has 6 nitrogen and oxygen atoms in total. The van der Waals surface area contributed by atoms with Crippen LogP contribution in [0.15, 0.2) is 52.9 Å². The van der Waals surface area contributed by atoms with Crippen molar-refractivity contribution in [1.29, 1.82) is 0 Å². The molecule has 0 fully saturated rings. The van der Waals surface area contributed by atoms with Crippen molar-refractivity contribution in [1.82, 2.24) is 15.5 Å². The Labute approximate surface area is 160 Å². The number of hydrogen-bond acceptors (Lipinski definition) is 4. The van der Waals surface area contributed by atoms with Crippen LogP contribution in [0.1, 0.15) is 21.9 Å². The predicted molar refractivity (Wildman–Crippen MR) is 103 cm³/mol. The molecule has 0 unspecified atom stereocenters. The molecule has 0 bridgehead atoms. The molecule has 7 heteroatoms. The van der Waals surface area contributed by atoms with Gasteiger partial charge in [-0.3, -0.25) is 9.89 Å². The summed E-state index contributed by atoms with van der Waals surface area (Å²) in [7, 11) is 1.52. The Bertz CT molecular complexity index is 1160. The van der Waals surface area contributed by atoms with E-state index in [0.29, 0.717) is 39.2 Å². The summed E-state index contributed by atoms with van der Waals surface area (Å²) in [6.07, 6.45) is 0. The Kier molecular flexibility index (Phi) is 4.57. The summed E-state index contributed by atoms with van der Waals surface area (Å²) in [4.78, 5) is 12.7. The lowest BCUT2D eigenvalue weighted by molar-refractivity contribution is 0.0947. The van der Waals surface area contributed by atoms with Gasteiger partial charge >= 0.3 is 0 Å². The molecular weight excluding hydrogens is 361 g/mol. The summed E-state index contributed by atoms with van der Waals surface area (Å²) >= 11 is 0. The van der Waals surface area contributed by atoms with Gasteiger partial charge in [-0.2, -0.15) is 5.10 Å². The van der Waals surface area contributed by atoms with E-state index in [2.05, 4.69) is 15.5 Å². The largest absolute Gasteiger partial charge is 0.494 e. The first-order valence-electron chi connectivity index (χ1n) is 8.70. The second kappa shape index (κ2) is 7.19. The number of nitrogens with zero attached hydrogens (tertiary/aromatic N) is 1. The highest BCUT2D eigenvalue weighted by molar-refractivity contribution is 6.03. The summed E-state index contributed by atoms with van der Waals surface area (Å²) in [5.41, 5.74) is 2.20. The number of aromatic amines is 1. The van der Waals surface area contributed by atoms with Crippen LogP contribution in [0.2, 0.25) is 0 Å². The van der Waals surface area contributed by atoms with Crippen molar-refractivity contribution < 1.29 is 18.3 Å². The maximum Gasteiger partial charge on any atom is 0.251 e. The summed E-state index contributed by atoms with van der Waals surface area (Å²) in [5.74, 6) is 1.30. The fraction of sp³-hybridized carbons (Fsp3) is 0.143. The van der Waals surface area contributed by atoms with E-state index in [9.17, 15) is 9.18 Å². The van der Waals surface area contributed by atoms with Crippen LogP contribution in [0, 0.1) is 12.7 Å². The van der Waals surface area contributed by atoms with E-state index in [0.717, 1.165) is 5.76 Å². The second-order valence-electron chi connectivity index (χ2n) is 6.38. The number of aromatic nitrogens is 2. The number of carbonyl (C=O) groups excluding carboxylic acids is 1.